The molecule has 0 aromatic rings. The van der Waals surface area contributed by atoms with Gasteiger partial charge in [0.05, 0.1) is 0 Å². The second kappa shape index (κ2) is 7.65. The predicted molar refractivity (Wildman–Crippen MR) is 84.2 cm³/mol. The van der Waals surface area contributed by atoms with Crippen LogP contribution in [0.3, 0.4) is 0 Å². The summed E-state index contributed by atoms with van der Waals surface area (Å²) in [6, 6.07) is 0.743. The first kappa shape index (κ1) is 16.1. The molecular formula is C16H29ClN2O. The van der Waals surface area contributed by atoms with Crippen molar-refractivity contribution in [1.82, 2.24) is 10.2 Å². The molecule has 0 radical (unpaired) electrons. The van der Waals surface area contributed by atoms with E-state index in [2.05, 4.69) is 10.2 Å². The summed E-state index contributed by atoms with van der Waals surface area (Å²) < 4.78 is 0. The van der Waals surface area contributed by atoms with Gasteiger partial charge >= 0.3 is 0 Å². The lowest BCUT2D eigenvalue weighted by Crippen LogP contribution is -2.43. The molecule has 0 aromatic carbocycles. The number of nitrogens with one attached hydrogen (secondary N) is 1. The summed E-state index contributed by atoms with van der Waals surface area (Å²) in [5, 5.41) is 3.63. The molecule has 3 aliphatic rings. The van der Waals surface area contributed by atoms with Crippen molar-refractivity contribution < 1.29 is 4.79 Å². The van der Waals surface area contributed by atoms with Gasteiger partial charge in [0, 0.05) is 25.6 Å². The first-order valence-electron chi connectivity index (χ1n) is 8.34. The van der Waals surface area contributed by atoms with Crippen molar-refractivity contribution in [3.63, 3.8) is 0 Å². The van der Waals surface area contributed by atoms with Crippen molar-refractivity contribution in [3.8, 4) is 0 Å². The SMILES string of the molecule is Cl.O=C(CC1CCCC1)N1CCC(C2CCCN2)CC1. The van der Waals surface area contributed by atoms with Gasteiger partial charge in [0.2, 0.25) is 5.91 Å². The van der Waals surface area contributed by atoms with Crippen molar-refractivity contribution in [1.29, 1.82) is 0 Å². The summed E-state index contributed by atoms with van der Waals surface area (Å²) >= 11 is 0. The molecule has 1 saturated carbocycles. The van der Waals surface area contributed by atoms with Gasteiger partial charge in [0.25, 0.3) is 0 Å². The van der Waals surface area contributed by atoms with E-state index in [0.717, 1.165) is 31.5 Å². The van der Waals surface area contributed by atoms with Crippen molar-refractivity contribution in [2.24, 2.45) is 11.8 Å². The van der Waals surface area contributed by atoms with E-state index < -0.39 is 0 Å². The quantitative estimate of drug-likeness (QED) is 0.869. The van der Waals surface area contributed by atoms with E-state index in [9.17, 15) is 4.79 Å². The molecule has 3 rings (SSSR count). The lowest BCUT2D eigenvalue weighted by Gasteiger charge is -2.35. The van der Waals surface area contributed by atoms with E-state index in [1.165, 1.54) is 57.9 Å². The van der Waals surface area contributed by atoms with Gasteiger partial charge in [-0.3, -0.25) is 4.79 Å². The van der Waals surface area contributed by atoms with Crippen LogP contribution < -0.4 is 5.32 Å². The Labute approximate surface area is 129 Å². The Morgan fingerprint density at radius 1 is 1.00 bits per heavy atom. The molecule has 4 heteroatoms. The third-order valence-electron chi connectivity index (χ3n) is 5.50. The largest absolute Gasteiger partial charge is 0.343 e. The van der Waals surface area contributed by atoms with Gasteiger partial charge in [-0.1, -0.05) is 12.8 Å². The zero-order valence-electron chi connectivity index (χ0n) is 12.5. The minimum absolute atomic E-state index is 0. The molecule has 0 aromatic heterocycles. The summed E-state index contributed by atoms with van der Waals surface area (Å²) in [5.74, 6) is 1.95. The third-order valence-corrected chi connectivity index (χ3v) is 5.50. The van der Waals surface area contributed by atoms with Gasteiger partial charge in [-0.15, -0.1) is 12.4 Å². The maximum absolute atomic E-state index is 12.3. The standard InChI is InChI=1S/C16H28N2O.ClH/c19-16(12-13-4-1-2-5-13)18-10-7-14(8-11-18)15-6-3-9-17-15;/h13-15,17H,1-12H2;1H. The van der Waals surface area contributed by atoms with Gasteiger partial charge in [-0.2, -0.15) is 0 Å². The van der Waals surface area contributed by atoms with Crippen molar-refractivity contribution in [3.05, 3.63) is 0 Å². The summed E-state index contributed by atoms with van der Waals surface area (Å²) in [4.78, 5) is 14.4. The number of carbonyl (C=O) groups excluding carboxylic acids is 1. The molecular weight excluding hydrogens is 272 g/mol. The number of hydrogen-bond acceptors (Lipinski definition) is 2. The minimum atomic E-state index is 0. The lowest BCUT2D eigenvalue weighted by atomic mass is 9.88. The number of carbonyl (C=O) groups is 1. The minimum Gasteiger partial charge on any atom is -0.343 e. The van der Waals surface area contributed by atoms with E-state index in [0.29, 0.717) is 11.8 Å². The monoisotopic (exact) mass is 300 g/mol. The molecule has 1 aliphatic carbocycles. The molecule has 2 heterocycles. The van der Waals surface area contributed by atoms with Gasteiger partial charge in [0.15, 0.2) is 0 Å². The molecule has 116 valence electrons. The number of piperidine rings is 1. The number of halogens is 1. The Balaban J connectivity index is 0.00000147. The van der Waals surface area contributed by atoms with Crippen molar-refractivity contribution in [2.75, 3.05) is 19.6 Å². The number of likely N-dealkylation sites (tertiary alicyclic amines) is 1. The van der Waals surface area contributed by atoms with E-state index in [4.69, 9.17) is 0 Å². The molecule has 20 heavy (non-hydrogen) atoms. The Kier molecular flexibility index (Phi) is 6.16. The summed E-state index contributed by atoms with van der Waals surface area (Å²) in [6.07, 6.45) is 11.2. The van der Waals surface area contributed by atoms with Crippen LogP contribution in [0.25, 0.3) is 0 Å². The smallest absolute Gasteiger partial charge is 0.222 e. The first-order chi connectivity index (χ1) is 9.33. The molecule has 2 aliphatic heterocycles. The highest BCUT2D eigenvalue weighted by Gasteiger charge is 2.30. The van der Waals surface area contributed by atoms with E-state index in [-0.39, 0.29) is 12.4 Å². The molecule has 0 bridgehead atoms. The van der Waals surface area contributed by atoms with Crippen molar-refractivity contribution >= 4 is 18.3 Å². The fourth-order valence-electron chi connectivity index (χ4n) is 4.26. The number of hydrogen-bond donors (Lipinski definition) is 1. The molecule has 3 fully saturated rings. The normalized spacial score (nSPS) is 28.6. The predicted octanol–water partition coefficient (Wildman–Crippen LogP) is 2.98. The second-order valence-corrected chi connectivity index (χ2v) is 6.78. The van der Waals surface area contributed by atoms with Crippen LogP contribution in [-0.4, -0.2) is 36.5 Å². The summed E-state index contributed by atoms with van der Waals surface area (Å²) in [7, 11) is 0. The van der Waals surface area contributed by atoms with Crippen LogP contribution in [0.2, 0.25) is 0 Å². The second-order valence-electron chi connectivity index (χ2n) is 6.78. The Morgan fingerprint density at radius 2 is 1.70 bits per heavy atom. The van der Waals surface area contributed by atoms with Crippen LogP contribution in [-0.2, 0) is 4.79 Å². The zero-order valence-corrected chi connectivity index (χ0v) is 13.3. The molecule has 3 nitrogen and oxygen atoms in total. The third kappa shape index (κ3) is 3.88. The van der Waals surface area contributed by atoms with Crippen LogP contribution in [0.5, 0.6) is 0 Å². The van der Waals surface area contributed by atoms with Crippen LogP contribution in [0, 0.1) is 11.8 Å². The van der Waals surface area contributed by atoms with Gasteiger partial charge < -0.3 is 10.2 Å². The van der Waals surface area contributed by atoms with Gasteiger partial charge in [-0.25, -0.2) is 0 Å². The Hall–Kier alpha value is -0.280. The molecule has 1 unspecified atom stereocenters. The number of amides is 1. The Bertz CT molecular complexity index is 304. The number of rotatable bonds is 3. The zero-order chi connectivity index (χ0) is 13.1. The number of nitrogens with zero attached hydrogens (tertiary/aromatic N) is 1. The molecule has 0 spiro atoms. The summed E-state index contributed by atoms with van der Waals surface area (Å²) in [5.41, 5.74) is 0. The fraction of sp³-hybridized carbons (Fsp3) is 0.938. The molecule has 2 saturated heterocycles. The van der Waals surface area contributed by atoms with Crippen LogP contribution in [0.4, 0.5) is 0 Å². The topological polar surface area (TPSA) is 32.3 Å². The van der Waals surface area contributed by atoms with Crippen LogP contribution in [0.1, 0.15) is 57.8 Å². The molecule has 1 amide bonds. The average molecular weight is 301 g/mol. The van der Waals surface area contributed by atoms with E-state index in [1.54, 1.807) is 0 Å². The highest BCUT2D eigenvalue weighted by atomic mass is 35.5. The van der Waals surface area contributed by atoms with Crippen LogP contribution in [0.15, 0.2) is 0 Å². The van der Waals surface area contributed by atoms with Gasteiger partial charge in [-0.05, 0) is 56.9 Å². The van der Waals surface area contributed by atoms with E-state index >= 15 is 0 Å². The van der Waals surface area contributed by atoms with Crippen molar-refractivity contribution in [2.45, 2.75) is 63.8 Å². The average Bonchev–Trinajstić information content (AvgIpc) is 3.12. The summed E-state index contributed by atoms with van der Waals surface area (Å²) in [6.45, 7) is 3.22. The first-order valence-corrected chi connectivity index (χ1v) is 8.34. The maximum atomic E-state index is 12.3. The lowest BCUT2D eigenvalue weighted by molar-refractivity contribution is -0.133. The highest BCUT2D eigenvalue weighted by Crippen LogP contribution is 2.30. The highest BCUT2D eigenvalue weighted by molar-refractivity contribution is 5.85. The fourth-order valence-corrected chi connectivity index (χ4v) is 4.26. The maximum Gasteiger partial charge on any atom is 0.222 e. The van der Waals surface area contributed by atoms with E-state index in [1.807, 2.05) is 0 Å². The molecule has 1 atom stereocenters. The van der Waals surface area contributed by atoms with Crippen LogP contribution >= 0.6 is 12.4 Å². The Morgan fingerprint density at radius 3 is 2.30 bits per heavy atom. The van der Waals surface area contributed by atoms with Gasteiger partial charge in [0.1, 0.15) is 0 Å². The molecule has 1 N–H and O–H groups in total.